The summed E-state index contributed by atoms with van der Waals surface area (Å²) in [5, 5.41) is 9.98. The quantitative estimate of drug-likeness (QED) is 0.305. The van der Waals surface area contributed by atoms with E-state index in [1.165, 1.54) is 33.3 Å². The summed E-state index contributed by atoms with van der Waals surface area (Å²) < 4.78 is 10.3. The molecule has 0 unspecified atom stereocenters. The van der Waals surface area contributed by atoms with Crippen molar-refractivity contribution in [2.75, 3.05) is 20.3 Å². The zero-order chi connectivity index (χ0) is 28.1. The van der Waals surface area contributed by atoms with Crippen molar-refractivity contribution in [3.05, 3.63) is 94.0 Å². The fourth-order valence-corrected chi connectivity index (χ4v) is 7.28. The summed E-state index contributed by atoms with van der Waals surface area (Å²) in [7, 11) is 3.95. The monoisotopic (exact) mass is 545 g/mol. The first kappa shape index (κ1) is 25.8. The molecule has 1 fully saturated rings. The van der Waals surface area contributed by atoms with Crippen molar-refractivity contribution in [3.63, 3.8) is 0 Å². The predicted octanol–water partition coefficient (Wildman–Crippen LogP) is 5.76. The average Bonchev–Trinajstić information content (AvgIpc) is 3.59. The lowest BCUT2D eigenvalue weighted by Crippen LogP contribution is -2.27. The SMILES string of the molecule is Cc1nnn(C)c1C1=C/c2c(c3c4c(ccc3n2[C@H](c2ccccc2)C2CCOCC2)C(=C=O)N(C)C4)CC\C=C\1. The molecular formula is C34H35N5O2. The predicted molar refractivity (Wildman–Crippen MR) is 162 cm³/mol. The first-order chi connectivity index (χ1) is 20.1. The van der Waals surface area contributed by atoms with Crippen molar-refractivity contribution in [2.45, 2.75) is 45.2 Å². The number of nitrogens with zero attached hydrogens (tertiary/aromatic N) is 5. The third-order valence-electron chi connectivity index (χ3n) is 9.10. The summed E-state index contributed by atoms with van der Waals surface area (Å²) >= 11 is 0. The first-order valence-corrected chi connectivity index (χ1v) is 14.6. The smallest absolute Gasteiger partial charge is 0.151 e. The van der Waals surface area contributed by atoms with Crippen LogP contribution in [0.2, 0.25) is 0 Å². The summed E-state index contributed by atoms with van der Waals surface area (Å²) in [6, 6.07) is 15.5. The van der Waals surface area contributed by atoms with Gasteiger partial charge in [-0.2, -0.15) is 0 Å². The number of aryl methyl sites for hydroxylation is 3. The topological polar surface area (TPSA) is 65.2 Å². The minimum absolute atomic E-state index is 0.149. The van der Waals surface area contributed by atoms with Gasteiger partial charge in [0.1, 0.15) is 5.70 Å². The Morgan fingerprint density at radius 2 is 1.85 bits per heavy atom. The molecule has 0 spiro atoms. The van der Waals surface area contributed by atoms with Crippen LogP contribution in [0.4, 0.5) is 0 Å². The number of allylic oxidation sites excluding steroid dienone is 3. The fraction of sp³-hybridized carbons (Fsp3) is 0.353. The van der Waals surface area contributed by atoms with Gasteiger partial charge in [0.2, 0.25) is 0 Å². The minimum Gasteiger partial charge on any atom is -0.381 e. The van der Waals surface area contributed by atoms with E-state index in [0.29, 0.717) is 18.2 Å². The van der Waals surface area contributed by atoms with E-state index in [2.05, 4.69) is 81.5 Å². The summed E-state index contributed by atoms with van der Waals surface area (Å²) in [4.78, 5) is 14.0. The maximum atomic E-state index is 12.0. The van der Waals surface area contributed by atoms with Crippen molar-refractivity contribution in [2.24, 2.45) is 13.0 Å². The highest BCUT2D eigenvalue weighted by atomic mass is 16.5. The van der Waals surface area contributed by atoms with E-state index in [4.69, 9.17) is 4.74 Å². The Labute approximate surface area is 240 Å². The molecular weight excluding hydrogens is 510 g/mol. The van der Waals surface area contributed by atoms with Crippen LogP contribution < -0.4 is 0 Å². The lowest BCUT2D eigenvalue weighted by atomic mass is 9.86. The number of aromatic nitrogens is 4. The van der Waals surface area contributed by atoms with Crippen molar-refractivity contribution in [3.8, 4) is 0 Å². The van der Waals surface area contributed by atoms with Gasteiger partial charge in [0, 0.05) is 61.6 Å². The summed E-state index contributed by atoms with van der Waals surface area (Å²) in [5.41, 5.74) is 11.1. The molecule has 0 N–H and O–H groups in total. The zero-order valence-corrected chi connectivity index (χ0v) is 23.9. The number of hydrogen-bond acceptors (Lipinski definition) is 5. The van der Waals surface area contributed by atoms with E-state index in [0.717, 1.165) is 61.4 Å². The van der Waals surface area contributed by atoms with Crippen LogP contribution in [0.25, 0.3) is 28.2 Å². The maximum Gasteiger partial charge on any atom is 0.151 e. The molecule has 0 bridgehead atoms. The number of hydrogen-bond donors (Lipinski definition) is 0. The lowest BCUT2D eigenvalue weighted by Gasteiger charge is -2.34. The standard InChI is InChI=1S/C34H35N5O2/c1-22-33(38(3)36-35-22)25-11-7-8-12-27-30(19-25)39(29-14-13-26-28(32(27)29)20-37(2)31(26)21-40)34(23-9-5-4-6-10-23)24-15-17-41-18-16-24/h4-7,9-11,13-14,19,24,34H,8,12,15-18,20H2,1-3H3/b11-7+,25-19+/t34-/m1/s1. The average molecular weight is 546 g/mol. The van der Waals surface area contributed by atoms with Gasteiger partial charge >= 0.3 is 0 Å². The molecule has 2 aromatic heterocycles. The summed E-state index contributed by atoms with van der Waals surface area (Å²) in [6.45, 7) is 4.30. The number of ether oxygens (including phenoxy) is 1. The Morgan fingerprint density at radius 3 is 2.59 bits per heavy atom. The molecule has 1 saturated heterocycles. The van der Waals surface area contributed by atoms with Gasteiger partial charge in [-0.3, -0.25) is 0 Å². The van der Waals surface area contributed by atoms with Gasteiger partial charge in [-0.1, -0.05) is 47.7 Å². The number of fused-ring (bicyclic) bond motifs is 5. The molecule has 0 saturated carbocycles. The fourth-order valence-electron chi connectivity index (χ4n) is 7.28. The molecule has 0 radical (unpaired) electrons. The molecule has 41 heavy (non-hydrogen) atoms. The highest BCUT2D eigenvalue weighted by molar-refractivity contribution is 6.01. The Morgan fingerprint density at radius 1 is 1.05 bits per heavy atom. The molecule has 3 aliphatic rings. The number of carbonyl (C=O) groups excluding carboxylic acids is 1. The largest absolute Gasteiger partial charge is 0.381 e. The molecule has 4 heterocycles. The normalized spacial score (nSPS) is 20.1. The van der Waals surface area contributed by atoms with Crippen molar-refractivity contribution in [1.29, 1.82) is 0 Å². The van der Waals surface area contributed by atoms with E-state index < -0.39 is 0 Å². The van der Waals surface area contributed by atoms with Crippen LogP contribution in [-0.2, 0) is 29.5 Å². The minimum atomic E-state index is 0.149. The maximum absolute atomic E-state index is 12.0. The Balaban J connectivity index is 1.58. The van der Waals surface area contributed by atoms with E-state index in [1.807, 2.05) is 30.6 Å². The van der Waals surface area contributed by atoms with Gasteiger partial charge in [-0.25, -0.2) is 9.48 Å². The second kappa shape index (κ2) is 10.3. The van der Waals surface area contributed by atoms with Crippen LogP contribution in [0.5, 0.6) is 0 Å². The summed E-state index contributed by atoms with van der Waals surface area (Å²) in [6.07, 6.45) is 10.7. The Bertz CT molecular complexity index is 1730. The molecule has 7 heteroatoms. The van der Waals surface area contributed by atoms with Crippen LogP contribution in [0, 0.1) is 12.8 Å². The van der Waals surface area contributed by atoms with E-state index in [9.17, 15) is 4.79 Å². The van der Waals surface area contributed by atoms with Gasteiger partial charge in [-0.15, -0.1) is 5.10 Å². The van der Waals surface area contributed by atoms with Crippen LogP contribution in [0.15, 0.2) is 54.6 Å². The Kier molecular flexibility index (Phi) is 6.49. The van der Waals surface area contributed by atoms with E-state index >= 15 is 0 Å². The molecule has 7 nitrogen and oxygen atoms in total. The molecule has 1 atom stereocenters. The van der Waals surface area contributed by atoms with Crippen LogP contribution in [-0.4, -0.2) is 50.7 Å². The second-order valence-electron chi connectivity index (χ2n) is 11.5. The molecule has 2 aromatic carbocycles. The van der Waals surface area contributed by atoms with Crippen LogP contribution >= 0.6 is 0 Å². The van der Waals surface area contributed by atoms with Crippen LogP contribution in [0.3, 0.4) is 0 Å². The number of rotatable bonds is 4. The van der Waals surface area contributed by atoms with Gasteiger partial charge in [0.25, 0.3) is 0 Å². The molecule has 208 valence electrons. The van der Waals surface area contributed by atoms with Gasteiger partial charge < -0.3 is 14.2 Å². The van der Waals surface area contributed by atoms with Gasteiger partial charge in [0.05, 0.1) is 17.4 Å². The zero-order valence-electron chi connectivity index (χ0n) is 23.9. The third kappa shape index (κ3) is 4.19. The van der Waals surface area contributed by atoms with Gasteiger partial charge in [-0.05, 0) is 73.4 Å². The molecule has 4 aromatic rings. The third-order valence-corrected chi connectivity index (χ3v) is 9.10. The lowest BCUT2D eigenvalue weighted by molar-refractivity contribution is 0.0547. The van der Waals surface area contributed by atoms with Crippen molar-refractivity contribution >= 4 is 34.2 Å². The highest BCUT2D eigenvalue weighted by Gasteiger charge is 2.34. The molecule has 7 rings (SSSR count). The van der Waals surface area contributed by atoms with Crippen LogP contribution in [0.1, 0.15) is 64.6 Å². The van der Waals surface area contributed by atoms with E-state index in [1.54, 1.807) is 0 Å². The Hall–Kier alpha value is -4.19. The van der Waals surface area contributed by atoms with Crippen molar-refractivity contribution in [1.82, 2.24) is 24.5 Å². The number of benzene rings is 2. The van der Waals surface area contributed by atoms with E-state index in [-0.39, 0.29) is 6.04 Å². The molecule has 1 aliphatic carbocycles. The molecule has 0 amide bonds. The van der Waals surface area contributed by atoms with Gasteiger partial charge in [0.15, 0.2) is 5.94 Å². The first-order valence-electron chi connectivity index (χ1n) is 14.6. The highest BCUT2D eigenvalue weighted by Crippen LogP contribution is 2.45. The van der Waals surface area contributed by atoms with Crippen molar-refractivity contribution < 1.29 is 9.53 Å². The second-order valence-corrected chi connectivity index (χ2v) is 11.5. The summed E-state index contributed by atoms with van der Waals surface area (Å²) in [5.74, 6) is 2.65. The molecule has 2 aliphatic heterocycles.